The van der Waals surface area contributed by atoms with Gasteiger partial charge in [-0.25, -0.2) is 0 Å². The number of benzene rings is 3. The number of nitrogens with one attached hydrogen (secondary N) is 1. The minimum Gasteiger partial charge on any atom is -0.321 e. The predicted molar refractivity (Wildman–Crippen MR) is 124 cm³/mol. The van der Waals surface area contributed by atoms with Gasteiger partial charge in [-0.15, -0.1) is 11.3 Å². The van der Waals surface area contributed by atoms with Crippen molar-refractivity contribution in [3.63, 3.8) is 0 Å². The maximum absolute atomic E-state index is 13.3. The van der Waals surface area contributed by atoms with Gasteiger partial charge in [0, 0.05) is 21.4 Å². The molecule has 5 heteroatoms. The molecule has 152 valence electrons. The fraction of sp³-hybridized carbons (Fsp3) is 0.115. The van der Waals surface area contributed by atoms with Crippen molar-refractivity contribution in [2.45, 2.75) is 19.8 Å². The standard InChI is InChI=1S/C26H19NO3S/c1-2-8-18-15-9-5-6-14-21(15)31-25(18)26(30)27-20-13-7-12-19-22(20)24(29)17-11-4-3-10-16(17)23(19)28/h3-7,9-14H,2,8H2,1H3,(H,27,30). The molecule has 0 unspecified atom stereocenters. The lowest BCUT2D eigenvalue weighted by Gasteiger charge is -2.20. The first-order chi connectivity index (χ1) is 15.1. The lowest BCUT2D eigenvalue weighted by Crippen LogP contribution is -2.23. The summed E-state index contributed by atoms with van der Waals surface area (Å²) < 4.78 is 1.06. The first kappa shape index (κ1) is 19.4. The van der Waals surface area contributed by atoms with Crippen molar-refractivity contribution in [1.82, 2.24) is 0 Å². The van der Waals surface area contributed by atoms with Gasteiger partial charge in [0.2, 0.25) is 0 Å². The molecule has 5 rings (SSSR count). The second kappa shape index (κ2) is 7.60. The Morgan fingerprint density at radius 3 is 2.29 bits per heavy atom. The van der Waals surface area contributed by atoms with E-state index in [0.29, 0.717) is 27.3 Å². The van der Waals surface area contributed by atoms with Crippen molar-refractivity contribution in [3.05, 3.63) is 99.4 Å². The Balaban J connectivity index is 1.58. The molecule has 0 saturated carbocycles. The van der Waals surface area contributed by atoms with Crippen LogP contribution in [0.3, 0.4) is 0 Å². The summed E-state index contributed by atoms with van der Waals surface area (Å²) in [5.74, 6) is -0.696. The van der Waals surface area contributed by atoms with Crippen molar-refractivity contribution < 1.29 is 14.4 Å². The van der Waals surface area contributed by atoms with Gasteiger partial charge >= 0.3 is 0 Å². The number of fused-ring (bicyclic) bond motifs is 3. The second-order valence-electron chi connectivity index (χ2n) is 7.54. The molecule has 1 amide bonds. The number of aryl methyl sites for hydroxylation is 1. The van der Waals surface area contributed by atoms with E-state index in [-0.39, 0.29) is 23.0 Å². The molecule has 1 aromatic heterocycles. The van der Waals surface area contributed by atoms with Gasteiger partial charge in [-0.05, 0) is 29.5 Å². The maximum atomic E-state index is 13.3. The summed E-state index contributed by atoms with van der Waals surface area (Å²) in [6.45, 7) is 2.09. The molecule has 31 heavy (non-hydrogen) atoms. The van der Waals surface area contributed by atoms with Crippen LogP contribution in [0.1, 0.15) is 60.4 Å². The number of ketones is 2. The summed E-state index contributed by atoms with van der Waals surface area (Å²) >= 11 is 1.45. The van der Waals surface area contributed by atoms with Crippen LogP contribution in [0.2, 0.25) is 0 Å². The lowest BCUT2D eigenvalue weighted by molar-refractivity contribution is 0.0978. The first-order valence-corrected chi connectivity index (χ1v) is 11.0. The van der Waals surface area contributed by atoms with E-state index >= 15 is 0 Å². The number of thiophene rings is 1. The number of carbonyl (C=O) groups is 3. The molecule has 1 N–H and O–H groups in total. The predicted octanol–water partition coefficient (Wildman–Crippen LogP) is 5.88. The summed E-state index contributed by atoms with van der Waals surface area (Å²) in [5, 5.41) is 4.02. The Kier molecular flexibility index (Phi) is 4.75. The monoisotopic (exact) mass is 425 g/mol. The van der Waals surface area contributed by atoms with Crippen LogP contribution in [0.15, 0.2) is 66.7 Å². The zero-order valence-electron chi connectivity index (χ0n) is 16.9. The zero-order valence-corrected chi connectivity index (χ0v) is 17.7. The van der Waals surface area contributed by atoms with Gasteiger partial charge in [-0.1, -0.05) is 67.9 Å². The molecule has 4 aromatic rings. The second-order valence-corrected chi connectivity index (χ2v) is 8.59. The molecule has 1 aliphatic rings. The number of amides is 1. The lowest BCUT2D eigenvalue weighted by atomic mass is 9.83. The SMILES string of the molecule is CCCc1c(C(=O)Nc2cccc3c2C(=O)c2ccccc2C3=O)sc2ccccc12. The largest absolute Gasteiger partial charge is 0.321 e. The maximum Gasteiger partial charge on any atom is 0.266 e. The average molecular weight is 426 g/mol. The van der Waals surface area contributed by atoms with E-state index in [4.69, 9.17) is 0 Å². The molecule has 1 aliphatic carbocycles. The molecule has 0 radical (unpaired) electrons. The van der Waals surface area contributed by atoms with Crippen molar-refractivity contribution in [1.29, 1.82) is 0 Å². The van der Waals surface area contributed by atoms with E-state index in [9.17, 15) is 14.4 Å². The van der Waals surface area contributed by atoms with E-state index in [2.05, 4.69) is 12.2 Å². The van der Waals surface area contributed by atoms with Crippen LogP contribution in [-0.2, 0) is 6.42 Å². The molecular formula is C26H19NO3S. The van der Waals surface area contributed by atoms with Gasteiger partial charge in [0.05, 0.1) is 16.1 Å². The summed E-state index contributed by atoms with van der Waals surface area (Å²) in [6.07, 6.45) is 1.72. The van der Waals surface area contributed by atoms with Gasteiger partial charge in [0.25, 0.3) is 5.91 Å². The first-order valence-electron chi connectivity index (χ1n) is 10.2. The number of carbonyl (C=O) groups excluding carboxylic acids is 3. The fourth-order valence-electron chi connectivity index (χ4n) is 4.21. The topological polar surface area (TPSA) is 63.2 Å². The molecule has 0 aliphatic heterocycles. The van der Waals surface area contributed by atoms with Gasteiger partial charge in [-0.3, -0.25) is 14.4 Å². The Labute approximate surface area is 183 Å². The van der Waals surface area contributed by atoms with Crippen LogP contribution in [0.4, 0.5) is 5.69 Å². The highest BCUT2D eigenvalue weighted by molar-refractivity contribution is 7.21. The van der Waals surface area contributed by atoms with Crippen molar-refractivity contribution in [2.24, 2.45) is 0 Å². The molecule has 0 fully saturated rings. The molecule has 0 atom stereocenters. The van der Waals surface area contributed by atoms with E-state index in [1.165, 1.54) is 11.3 Å². The Bertz CT molecular complexity index is 1380. The summed E-state index contributed by atoms with van der Waals surface area (Å²) in [5.41, 5.74) is 2.76. The molecule has 1 heterocycles. The van der Waals surface area contributed by atoms with E-state index in [1.807, 2.05) is 24.3 Å². The van der Waals surface area contributed by atoms with Gasteiger partial charge < -0.3 is 5.32 Å². The molecule has 4 nitrogen and oxygen atoms in total. The highest BCUT2D eigenvalue weighted by Gasteiger charge is 2.32. The minimum atomic E-state index is -0.253. The Hall–Kier alpha value is -3.57. The van der Waals surface area contributed by atoms with E-state index < -0.39 is 0 Å². The van der Waals surface area contributed by atoms with Crippen molar-refractivity contribution >= 4 is 44.6 Å². The van der Waals surface area contributed by atoms with Crippen LogP contribution < -0.4 is 5.32 Å². The van der Waals surface area contributed by atoms with Crippen LogP contribution in [0.5, 0.6) is 0 Å². The third-order valence-electron chi connectivity index (χ3n) is 5.61. The zero-order chi connectivity index (χ0) is 21.5. The molecule has 0 saturated heterocycles. The molecule has 0 spiro atoms. The fourth-order valence-corrected chi connectivity index (χ4v) is 5.36. The van der Waals surface area contributed by atoms with Crippen LogP contribution in [0.25, 0.3) is 10.1 Å². The molecule has 0 bridgehead atoms. The Morgan fingerprint density at radius 1 is 0.839 bits per heavy atom. The quantitative estimate of drug-likeness (QED) is 0.391. The van der Waals surface area contributed by atoms with E-state index in [0.717, 1.165) is 28.5 Å². The molecular weight excluding hydrogens is 406 g/mol. The molecule has 3 aromatic carbocycles. The summed E-state index contributed by atoms with van der Waals surface area (Å²) in [4.78, 5) is 40.1. The highest BCUT2D eigenvalue weighted by Crippen LogP contribution is 2.35. The Morgan fingerprint density at radius 2 is 1.52 bits per heavy atom. The van der Waals surface area contributed by atoms with E-state index in [1.54, 1.807) is 42.5 Å². The van der Waals surface area contributed by atoms with Crippen molar-refractivity contribution in [2.75, 3.05) is 5.32 Å². The number of hydrogen-bond acceptors (Lipinski definition) is 4. The highest BCUT2D eigenvalue weighted by atomic mass is 32.1. The number of hydrogen-bond donors (Lipinski definition) is 1. The van der Waals surface area contributed by atoms with Crippen LogP contribution in [0, 0.1) is 0 Å². The van der Waals surface area contributed by atoms with Crippen LogP contribution >= 0.6 is 11.3 Å². The van der Waals surface area contributed by atoms with Crippen molar-refractivity contribution in [3.8, 4) is 0 Å². The van der Waals surface area contributed by atoms with Crippen LogP contribution in [-0.4, -0.2) is 17.5 Å². The average Bonchev–Trinajstić information content (AvgIpc) is 3.16. The summed E-state index contributed by atoms with van der Waals surface area (Å²) in [7, 11) is 0. The minimum absolute atomic E-state index is 0.199. The van der Waals surface area contributed by atoms with Gasteiger partial charge in [-0.2, -0.15) is 0 Å². The summed E-state index contributed by atoms with van der Waals surface area (Å²) in [6, 6.07) is 19.8. The van der Waals surface area contributed by atoms with Gasteiger partial charge in [0.15, 0.2) is 11.6 Å². The third kappa shape index (κ3) is 3.09. The number of rotatable bonds is 4. The van der Waals surface area contributed by atoms with Gasteiger partial charge in [0.1, 0.15) is 0 Å². The normalized spacial score (nSPS) is 12.5. The third-order valence-corrected chi connectivity index (χ3v) is 6.82. The number of anilines is 1. The smallest absolute Gasteiger partial charge is 0.266 e.